The molecule has 0 aromatic heterocycles. The highest BCUT2D eigenvalue weighted by atomic mass is 16.5. The van der Waals surface area contributed by atoms with Crippen molar-refractivity contribution in [3.63, 3.8) is 0 Å². The first-order valence-corrected chi connectivity index (χ1v) is 6.10. The molecule has 1 atom stereocenters. The van der Waals surface area contributed by atoms with Gasteiger partial charge in [0.15, 0.2) is 0 Å². The molecule has 0 radical (unpaired) electrons. The van der Waals surface area contributed by atoms with Crippen LogP contribution in [-0.2, 0) is 9.53 Å². The van der Waals surface area contributed by atoms with Crippen molar-refractivity contribution in [3.05, 3.63) is 0 Å². The van der Waals surface area contributed by atoms with Gasteiger partial charge in [-0.05, 0) is 26.3 Å². The van der Waals surface area contributed by atoms with Gasteiger partial charge in [0, 0.05) is 32.0 Å². The van der Waals surface area contributed by atoms with Crippen LogP contribution in [0.5, 0.6) is 0 Å². The molecule has 88 valence electrons. The van der Waals surface area contributed by atoms with E-state index in [0.717, 1.165) is 52.1 Å². The molecular weight excluding hydrogens is 190 g/mol. The average Bonchev–Trinajstić information content (AvgIpc) is 2.63. The second-order valence-corrected chi connectivity index (χ2v) is 4.15. The minimum Gasteiger partial charge on any atom is -0.380 e. The predicted octanol–water partition coefficient (Wildman–Crippen LogP) is 1.71. The average molecular weight is 213 g/mol. The molecule has 0 bridgehead atoms. The first-order valence-electron chi connectivity index (χ1n) is 6.10. The number of Topliss-reactive ketones (excluding diaryl/α,β-unsaturated/α-hetero) is 1. The molecule has 3 heteroatoms. The Labute approximate surface area is 92.8 Å². The maximum Gasteiger partial charge on any atom is 0.137 e. The molecule has 1 rings (SSSR count). The third-order valence-corrected chi connectivity index (χ3v) is 3.11. The van der Waals surface area contributed by atoms with Crippen LogP contribution >= 0.6 is 0 Å². The molecule has 0 amide bonds. The number of carbonyl (C=O) groups is 1. The van der Waals surface area contributed by atoms with E-state index < -0.39 is 0 Å². The molecule has 0 aliphatic heterocycles. The van der Waals surface area contributed by atoms with Crippen LogP contribution in [-0.4, -0.2) is 43.5 Å². The number of nitrogens with zero attached hydrogens (tertiary/aromatic N) is 1. The van der Waals surface area contributed by atoms with E-state index >= 15 is 0 Å². The summed E-state index contributed by atoms with van der Waals surface area (Å²) in [6.45, 7) is 8.61. The van der Waals surface area contributed by atoms with Crippen molar-refractivity contribution in [1.29, 1.82) is 0 Å². The molecule has 0 heterocycles. The molecule has 0 spiro atoms. The van der Waals surface area contributed by atoms with E-state index in [0.29, 0.717) is 11.7 Å². The zero-order valence-electron chi connectivity index (χ0n) is 10.00. The summed E-state index contributed by atoms with van der Waals surface area (Å²) in [6, 6.07) is 0. The summed E-state index contributed by atoms with van der Waals surface area (Å²) >= 11 is 0. The molecule has 1 aliphatic carbocycles. The summed E-state index contributed by atoms with van der Waals surface area (Å²) in [5, 5.41) is 0. The van der Waals surface area contributed by atoms with Gasteiger partial charge in [-0.15, -0.1) is 0 Å². The number of hydrogen-bond donors (Lipinski definition) is 0. The highest BCUT2D eigenvalue weighted by Gasteiger charge is 2.25. The largest absolute Gasteiger partial charge is 0.380 e. The summed E-state index contributed by atoms with van der Waals surface area (Å²) in [4.78, 5) is 13.8. The van der Waals surface area contributed by atoms with Gasteiger partial charge in [0.2, 0.25) is 0 Å². The first-order chi connectivity index (χ1) is 7.27. The Morgan fingerprint density at radius 2 is 2.27 bits per heavy atom. The summed E-state index contributed by atoms with van der Waals surface area (Å²) in [6.07, 6.45) is 2.98. The number of likely N-dealkylation sites (N-methyl/N-ethyl adjacent to an activating group) is 1. The van der Waals surface area contributed by atoms with Crippen LogP contribution in [0, 0.1) is 5.92 Å². The highest BCUT2D eigenvalue weighted by molar-refractivity contribution is 5.83. The quantitative estimate of drug-likeness (QED) is 0.603. The SMILES string of the molecule is CCOCCN(CC)CC1CCCC1=O. The Hall–Kier alpha value is -0.410. The minimum atomic E-state index is 0.298. The van der Waals surface area contributed by atoms with Crippen molar-refractivity contribution in [1.82, 2.24) is 4.90 Å². The van der Waals surface area contributed by atoms with Crippen molar-refractivity contribution in [3.8, 4) is 0 Å². The fourth-order valence-corrected chi connectivity index (χ4v) is 2.11. The third-order valence-electron chi connectivity index (χ3n) is 3.11. The summed E-state index contributed by atoms with van der Waals surface area (Å²) in [5.41, 5.74) is 0. The van der Waals surface area contributed by atoms with Crippen molar-refractivity contribution in [2.24, 2.45) is 5.92 Å². The van der Waals surface area contributed by atoms with E-state index in [1.54, 1.807) is 0 Å². The van der Waals surface area contributed by atoms with Gasteiger partial charge in [0.25, 0.3) is 0 Å². The number of ketones is 1. The normalized spacial score (nSPS) is 21.5. The molecule has 1 fully saturated rings. The van der Waals surface area contributed by atoms with E-state index in [1.807, 2.05) is 6.92 Å². The summed E-state index contributed by atoms with van der Waals surface area (Å²) in [7, 11) is 0. The third kappa shape index (κ3) is 4.31. The number of hydrogen-bond acceptors (Lipinski definition) is 3. The Bertz CT molecular complexity index is 194. The van der Waals surface area contributed by atoms with Gasteiger partial charge >= 0.3 is 0 Å². The Balaban J connectivity index is 2.23. The zero-order chi connectivity index (χ0) is 11.1. The van der Waals surface area contributed by atoms with Crippen LogP contribution < -0.4 is 0 Å². The van der Waals surface area contributed by atoms with Gasteiger partial charge in [-0.25, -0.2) is 0 Å². The summed E-state index contributed by atoms with van der Waals surface area (Å²) in [5.74, 6) is 0.761. The monoisotopic (exact) mass is 213 g/mol. The second-order valence-electron chi connectivity index (χ2n) is 4.15. The second kappa shape index (κ2) is 6.96. The maximum absolute atomic E-state index is 11.5. The van der Waals surface area contributed by atoms with Crippen LogP contribution in [0.2, 0.25) is 0 Å². The van der Waals surface area contributed by atoms with E-state index in [4.69, 9.17) is 4.74 Å². The zero-order valence-corrected chi connectivity index (χ0v) is 10.00. The van der Waals surface area contributed by atoms with Crippen LogP contribution in [0.15, 0.2) is 0 Å². The Kier molecular flexibility index (Phi) is 5.88. The molecule has 0 saturated heterocycles. The van der Waals surface area contributed by atoms with Gasteiger partial charge < -0.3 is 9.64 Å². The molecule has 0 aromatic rings. The Morgan fingerprint density at radius 1 is 1.47 bits per heavy atom. The van der Waals surface area contributed by atoms with Crippen molar-refractivity contribution < 1.29 is 9.53 Å². The molecule has 15 heavy (non-hydrogen) atoms. The standard InChI is InChI=1S/C12H23NO2/c1-3-13(8-9-15-4-2)10-11-6-5-7-12(11)14/h11H,3-10H2,1-2H3. The fourth-order valence-electron chi connectivity index (χ4n) is 2.11. The van der Waals surface area contributed by atoms with Gasteiger partial charge in [-0.3, -0.25) is 4.79 Å². The van der Waals surface area contributed by atoms with Gasteiger partial charge in [-0.2, -0.15) is 0 Å². The molecule has 0 aromatic carbocycles. The molecule has 0 N–H and O–H groups in total. The number of rotatable bonds is 7. The topological polar surface area (TPSA) is 29.5 Å². The highest BCUT2D eigenvalue weighted by Crippen LogP contribution is 2.21. The molecule has 3 nitrogen and oxygen atoms in total. The number of carbonyl (C=O) groups excluding carboxylic acids is 1. The Morgan fingerprint density at radius 3 is 2.80 bits per heavy atom. The fraction of sp³-hybridized carbons (Fsp3) is 0.917. The molecular formula is C12H23NO2. The molecule has 1 aliphatic rings. The molecule has 1 unspecified atom stereocenters. The lowest BCUT2D eigenvalue weighted by Gasteiger charge is -2.22. The van der Waals surface area contributed by atoms with Crippen LogP contribution in [0.3, 0.4) is 0 Å². The van der Waals surface area contributed by atoms with E-state index in [9.17, 15) is 4.79 Å². The predicted molar refractivity (Wildman–Crippen MR) is 61.0 cm³/mol. The first kappa shape index (κ1) is 12.7. The van der Waals surface area contributed by atoms with E-state index in [-0.39, 0.29) is 0 Å². The lowest BCUT2D eigenvalue weighted by Crippen LogP contribution is -2.33. The van der Waals surface area contributed by atoms with Crippen molar-refractivity contribution in [2.45, 2.75) is 33.1 Å². The van der Waals surface area contributed by atoms with Crippen LogP contribution in [0.1, 0.15) is 33.1 Å². The maximum atomic E-state index is 11.5. The van der Waals surface area contributed by atoms with Crippen LogP contribution in [0.4, 0.5) is 0 Å². The lowest BCUT2D eigenvalue weighted by molar-refractivity contribution is -0.121. The van der Waals surface area contributed by atoms with E-state index in [2.05, 4.69) is 11.8 Å². The van der Waals surface area contributed by atoms with E-state index in [1.165, 1.54) is 0 Å². The molecule has 1 saturated carbocycles. The van der Waals surface area contributed by atoms with Gasteiger partial charge in [0.1, 0.15) is 5.78 Å². The van der Waals surface area contributed by atoms with Gasteiger partial charge in [0.05, 0.1) is 6.61 Å². The lowest BCUT2D eigenvalue weighted by atomic mass is 10.1. The smallest absolute Gasteiger partial charge is 0.137 e. The number of ether oxygens (including phenoxy) is 1. The van der Waals surface area contributed by atoms with Crippen molar-refractivity contribution >= 4 is 5.78 Å². The van der Waals surface area contributed by atoms with Crippen LogP contribution in [0.25, 0.3) is 0 Å². The van der Waals surface area contributed by atoms with Gasteiger partial charge in [-0.1, -0.05) is 6.92 Å². The minimum absolute atomic E-state index is 0.298. The summed E-state index contributed by atoms with van der Waals surface area (Å²) < 4.78 is 5.33. The van der Waals surface area contributed by atoms with Crippen molar-refractivity contribution in [2.75, 3.05) is 32.8 Å².